The molecule has 0 unspecified atom stereocenters. The van der Waals surface area contributed by atoms with Crippen molar-refractivity contribution in [1.82, 2.24) is 19.6 Å². The van der Waals surface area contributed by atoms with Gasteiger partial charge in [0.15, 0.2) is 0 Å². The standard InChI is InChI=1S/C28H29ClF3N5O3S/c1-15-11-24-21(14-35(15)26(38)19-7-10-23(29)22(12-19)28(30,31)32)25-27(39)36(13-16(2)37(25)34-24)17(3)18-5-8-20(9-6-18)41(4,33)40/h5-10,12,15-17,33H,11,13-14H2,1-4H3/t15-,16-,17-,41-/m1/s1. The van der Waals surface area contributed by atoms with Crippen LogP contribution in [0.1, 0.15) is 76.1 Å². The SMILES string of the molecule is C[C@@H]1Cc2nn3c(c2CN1C(=O)c1ccc(Cl)c(C(F)(F)F)c1)C(=O)N([C@H](C)c1ccc([S@](C)(=N)=O)cc1)C[C@H]3C. The summed E-state index contributed by atoms with van der Waals surface area (Å²) >= 11 is 5.75. The minimum Gasteiger partial charge on any atom is -0.331 e. The van der Waals surface area contributed by atoms with Gasteiger partial charge in [-0.3, -0.25) is 14.3 Å². The Labute approximate surface area is 241 Å². The maximum Gasteiger partial charge on any atom is 0.417 e. The van der Waals surface area contributed by atoms with E-state index in [1.807, 2.05) is 13.8 Å². The first kappa shape index (κ1) is 29.1. The lowest BCUT2D eigenvalue weighted by molar-refractivity contribution is -0.137. The summed E-state index contributed by atoms with van der Waals surface area (Å²) in [5.74, 6) is -0.852. The molecule has 218 valence electrons. The van der Waals surface area contributed by atoms with E-state index in [1.165, 1.54) is 17.2 Å². The maximum atomic E-state index is 13.9. The van der Waals surface area contributed by atoms with Crippen LogP contribution in [0.15, 0.2) is 47.4 Å². The van der Waals surface area contributed by atoms with E-state index in [0.717, 1.165) is 17.7 Å². The van der Waals surface area contributed by atoms with Gasteiger partial charge < -0.3 is 9.80 Å². The van der Waals surface area contributed by atoms with Crippen LogP contribution in [-0.2, 0) is 28.9 Å². The number of nitrogens with zero attached hydrogens (tertiary/aromatic N) is 4. The minimum atomic E-state index is -4.71. The summed E-state index contributed by atoms with van der Waals surface area (Å²) in [6.45, 7) is 6.05. The average Bonchev–Trinajstić information content (AvgIpc) is 3.27. The second-order valence-corrected chi connectivity index (χ2v) is 13.4. The Hall–Kier alpha value is -3.38. The van der Waals surface area contributed by atoms with Gasteiger partial charge in [-0.15, -0.1) is 0 Å². The number of nitrogens with one attached hydrogen (secondary N) is 1. The third-order valence-electron chi connectivity index (χ3n) is 7.84. The van der Waals surface area contributed by atoms with Crippen molar-refractivity contribution in [3.05, 3.63) is 81.1 Å². The molecule has 0 bridgehead atoms. The molecule has 1 N–H and O–H groups in total. The normalized spacial score (nSPS) is 21.2. The second-order valence-electron chi connectivity index (χ2n) is 10.8. The second kappa shape index (κ2) is 10.2. The van der Waals surface area contributed by atoms with Gasteiger partial charge in [0.25, 0.3) is 11.8 Å². The van der Waals surface area contributed by atoms with Crippen molar-refractivity contribution in [3.63, 3.8) is 0 Å². The molecule has 2 amide bonds. The third kappa shape index (κ3) is 5.23. The highest BCUT2D eigenvalue weighted by Gasteiger charge is 2.41. The molecule has 0 saturated carbocycles. The van der Waals surface area contributed by atoms with Crippen LogP contribution in [0.3, 0.4) is 0 Å². The minimum absolute atomic E-state index is 0.0262. The Balaban J connectivity index is 1.46. The molecule has 0 aliphatic carbocycles. The van der Waals surface area contributed by atoms with Crippen molar-refractivity contribution in [2.24, 2.45) is 0 Å². The Bertz CT molecular complexity index is 1650. The fourth-order valence-electron chi connectivity index (χ4n) is 5.52. The van der Waals surface area contributed by atoms with E-state index < -0.39 is 32.4 Å². The van der Waals surface area contributed by atoms with Crippen molar-refractivity contribution in [3.8, 4) is 0 Å². The number of amides is 2. The van der Waals surface area contributed by atoms with Gasteiger partial charge in [0.2, 0.25) is 0 Å². The van der Waals surface area contributed by atoms with Crippen LogP contribution in [0.5, 0.6) is 0 Å². The molecule has 2 aliphatic rings. The number of alkyl halides is 3. The maximum absolute atomic E-state index is 13.9. The average molecular weight is 608 g/mol. The van der Waals surface area contributed by atoms with Gasteiger partial charge in [0.05, 0.1) is 44.6 Å². The highest BCUT2D eigenvalue weighted by molar-refractivity contribution is 7.91. The van der Waals surface area contributed by atoms with E-state index in [1.54, 1.807) is 40.8 Å². The lowest BCUT2D eigenvalue weighted by Crippen LogP contribution is -2.45. The van der Waals surface area contributed by atoms with Crippen molar-refractivity contribution < 1.29 is 27.0 Å². The molecule has 0 spiro atoms. The van der Waals surface area contributed by atoms with E-state index >= 15 is 0 Å². The molecule has 3 heterocycles. The molecule has 2 aliphatic heterocycles. The monoisotopic (exact) mass is 607 g/mol. The first-order valence-electron chi connectivity index (χ1n) is 13.0. The number of aromatic nitrogens is 2. The van der Waals surface area contributed by atoms with Crippen molar-refractivity contribution in [2.45, 2.75) is 62.9 Å². The molecular formula is C28H29ClF3N5O3S. The van der Waals surface area contributed by atoms with Gasteiger partial charge in [0, 0.05) is 41.3 Å². The largest absolute Gasteiger partial charge is 0.417 e. The molecule has 2 aromatic carbocycles. The Morgan fingerprint density at radius 3 is 2.41 bits per heavy atom. The zero-order chi connectivity index (χ0) is 30.0. The predicted octanol–water partition coefficient (Wildman–Crippen LogP) is 5.96. The molecule has 0 saturated heterocycles. The number of hydrogen-bond donors (Lipinski definition) is 1. The number of benzene rings is 2. The zero-order valence-corrected chi connectivity index (χ0v) is 24.4. The van der Waals surface area contributed by atoms with Gasteiger partial charge in [-0.1, -0.05) is 23.7 Å². The lowest BCUT2D eigenvalue weighted by atomic mass is 9.96. The summed E-state index contributed by atoms with van der Waals surface area (Å²) in [5, 5.41) is 4.23. The van der Waals surface area contributed by atoms with Crippen LogP contribution in [0.4, 0.5) is 13.2 Å². The molecule has 8 nitrogen and oxygen atoms in total. The fraction of sp³-hybridized carbons (Fsp3) is 0.393. The summed E-state index contributed by atoms with van der Waals surface area (Å²) < 4.78 is 61.9. The quantitative estimate of drug-likeness (QED) is 0.396. The number of carbonyl (C=O) groups is 2. The van der Waals surface area contributed by atoms with Gasteiger partial charge in [-0.25, -0.2) is 8.99 Å². The fourth-order valence-corrected chi connectivity index (χ4v) is 6.40. The van der Waals surface area contributed by atoms with Crippen LogP contribution in [0.25, 0.3) is 0 Å². The van der Waals surface area contributed by atoms with Gasteiger partial charge >= 0.3 is 6.18 Å². The number of rotatable bonds is 4. The van der Waals surface area contributed by atoms with E-state index in [0.29, 0.717) is 34.8 Å². The molecule has 13 heteroatoms. The predicted molar refractivity (Wildman–Crippen MR) is 147 cm³/mol. The van der Waals surface area contributed by atoms with Crippen molar-refractivity contribution in [2.75, 3.05) is 12.8 Å². The first-order chi connectivity index (χ1) is 19.1. The van der Waals surface area contributed by atoms with Crippen LogP contribution in [0, 0.1) is 4.78 Å². The van der Waals surface area contributed by atoms with Crippen LogP contribution < -0.4 is 0 Å². The van der Waals surface area contributed by atoms with Crippen LogP contribution in [-0.4, -0.2) is 54.4 Å². The molecule has 3 aromatic rings. The van der Waals surface area contributed by atoms with Gasteiger partial charge in [-0.2, -0.15) is 18.3 Å². The lowest BCUT2D eigenvalue weighted by Gasteiger charge is -2.37. The van der Waals surface area contributed by atoms with E-state index in [-0.39, 0.29) is 36.1 Å². The highest BCUT2D eigenvalue weighted by atomic mass is 35.5. The highest BCUT2D eigenvalue weighted by Crippen LogP contribution is 2.37. The van der Waals surface area contributed by atoms with Gasteiger partial charge in [-0.05, 0) is 56.7 Å². The van der Waals surface area contributed by atoms with Crippen LogP contribution >= 0.6 is 11.6 Å². The molecular weight excluding hydrogens is 579 g/mol. The number of hydrogen-bond acceptors (Lipinski definition) is 5. The summed E-state index contributed by atoms with van der Waals surface area (Å²) in [7, 11) is -2.87. The van der Waals surface area contributed by atoms with Gasteiger partial charge in [0.1, 0.15) is 5.69 Å². The number of halogens is 4. The molecule has 0 fully saturated rings. The van der Waals surface area contributed by atoms with E-state index in [4.69, 9.17) is 21.5 Å². The van der Waals surface area contributed by atoms with E-state index in [2.05, 4.69) is 0 Å². The summed E-state index contributed by atoms with van der Waals surface area (Å²) in [6.07, 6.45) is -3.01. The van der Waals surface area contributed by atoms with Crippen molar-refractivity contribution >= 4 is 33.1 Å². The van der Waals surface area contributed by atoms with Crippen molar-refractivity contribution in [1.29, 1.82) is 4.78 Å². The molecule has 4 atom stereocenters. The molecule has 41 heavy (non-hydrogen) atoms. The third-order valence-corrected chi connectivity index (χ3v) is 9.34. The zero-order valence-electron chi connectivity index (χ0n) is 22.8. The van der Waals surface area contributed by atoms with E-state index in [9.17, 15) is 27.0 Å². The summed E-state index contributed by atoms with van der Waals surface area (Å²) in [5.41, 5.74) is 1.24. The van der Waals surface area contributed by atoms with Crippen LogP contribution in [0.2, 0.25) is 5.02 Å². The Morgan fingerprint density at radius 2 is 1.80 bits per heavy atom. The molecule has 1 aromatic heterocycles. The Morgan fingerprint density at radius 1 is 1.15 bits per heavy atom. The number of carbonyl (C=O) groups excluding carboxylic acids is 2. The first-order valence-corrected chi connectivity index (χ1v) is 15.3. The smallest absolute Gasteiger partial charge is 0.331 e. The summed E-state index contributed by atoms with van der Waals surface area (Å²) in [6, 6.07) is 9.04. The molecule has 5 rings (SSSR count). The topological polar surface area (TPSA) is 99.4 Å². The summed E-state index contributed by atoms with van der Waals surface area (Å²) in [4.78, 5) is 31.0. The number of fused-ring (bicyclic) bond motifs is 3. The Kier molecular flexibility index (Phi) is 7.22. The molecule has 0 radical (unpaired) electrons.